The van der Waals surface area contributed by atoms with E-state index in [4.69, 9.17) is 0 Å². The molecule has 1 N–H and O–H groups in total. The lowest BCUT2D eigenvalue weighted by atomic mass is 10.2. The van der Waals surface area contributed by atoms with Gasteiger partial charge in [0, 0.05) is 26.0 Å². The summed E-state index contributed by atoms with van der Waals surface area (Å²) in [4.78, 5) is 18.1. The Kier molecular flexibility index (Phi) is 5.83. The SMILES string of the molecule is CC(C)=NN=C(C)NC(=O)Cc1ncccc1N(C)C. The molecule has 1 rings (SSSR count). The molecule has 20 heavy (non-hydrogen) atoms. The molecule has 6 nitrogen and oxygen atoms in total. The first-order valence-electron chi connectivity index (χ1n) is 6.36. The molecule has 0 atom stereocenters. The number of nitrogens with one attached hydrogen (secondary N) is 1. The molecule has 1 heterocycles. The molecule has 1 aromatic heterocycles. The largest absolute Gasteiger partial charge is 0.376 e. The Morgan fingerprint density at radius 2 is 2.00 bits per heavy atom. The number of rotatable bonds is 4. The molecule has 0 fully saturated rings. The molecular weight excluding hydrogens is 254 g/mol. The van der Waals surface area contributed by atoms with E-state index >= 15 is 0 Å². The van der Waals surface area contributed by atoms with Gasteiger partial charge in [0.25, 0.3) is 0 Å². The molecule has 0 aliphatic carbocycles. The number of hydrogen-bond donors (Lipinski definition) is 1. The number of anilines is 1. The van der Waals surface area contributed by atoms with Gasteiger partial charge in [0.1, 0.15) is 5.84 Å². The van der Waals surface area contributed by atoms with Crippen LogP contribution in [0.2, 0.25) is 0 Å². The molecular formula is C14H21N5O. The minimum atomic E-state index is -0.156. The van der Waals surface area contributed by atoms with Gasteiger partial charge in [0.15, 0.2) is 0 Å². The van der Waals surface area contributed by atoms with Crippen LogP contribution in [-0.2, 0) is 11.2 Å². The van der Waals surface area contributed by atoms with Gasteiger partial charge in [-0.25, -0.2) is 0 Å². The van der Waals surface area contributed by atoms with E-state index in [2.05, 4.69) is 20.5 Å². The van der Waals surface area contributed by atoms with Crippen molar-refractivity contribution in [2.45, 2.75) is 27.2 Å². The Bertz CT molecular complexity index is 530. The third-order valence-corrected chi connectivity index (χ3v) is 2.40. The number of pyridine rings is 1. The molecule has 0 aromatic carbocycles. The summed E-state index contributed by atoms with van der Waals surface area (Å²) in [5, 5.41) is 10.5. The van der Waals surface area contributed by atoms with Crippen molar-refractivity contribution in [2.75, 3.05) is 19.0 Å². The van der Waals surface area contributed by atoms with Crippen molar-refractivity contribution in [3.8, 4) is 0 Å². The topological polar surface area (TPSA) is 70.0 Å². The second-order valence-corrected chi connectivity index (χ2v) is 4.82. The van der Waals surface area contributed by atoms with E-state index in [1.807, 2.05) is 45.0 Å². The van der Waals surface area contributed by atoms with Crippen molar-refractivity contribution >= 4 is 23.1 Å². The summed E-state index contributed by atoms with van der Waals surface area (Å²) in [6.45, 7) is 5.39. The van der Waals surface area contributed by atoms with Crippen LogP contribution in [-0.4, -0.2) is 36.5 Å². The van der Waals surface area contributed by atoms with E-state index in [1.54, 1.807) is 13.1 Å². The third-order valence-electron chi connectivity index (χ3n) is 2.40. The lowest BCUT2D eigenvalue weighted by Crippen LogP contribution is -2.30. The highest BCUT2D eigenvalue weighted by atomic mass is 16.1. The number of amidine groups is 1. The molecule has 0 aliphatic rings. The minimum absolute atomic E-state index is 0.156. The van der Waals surface area contributed by atoms with Crippen molar-refractivity contribution < 1.29 is 4.79 Å². The standard InChI is InChI=1S/C14H21N5O/c1-10(2)17-18-11(3)16-14(20)9-12-13(19(4)5)7-6-8-15-12/h6-8H,9H2,1-5H3,(H,16,18,20). The maximum Gasteiger partial charge on any atom is 0.231 e. The maximum absolute atomic E-state index is 11.9. The second kappa shape index (κ2) is 7.37. The summed E-state index contributed by atoms with van der Waals surface area (Å²) in [7, 11) is 3.84. The quantitative estimate of drug-likeness (QED) is 0.515. The van der Waals surface area contributed by atoms with Crippen LogP contribution in [0.15, 0.2) is 28.5 Å². The van der Waals surface area contributed by atoms with Crippen molar-refractivity contribution in [3.63, 3.8) is 0 Å². The van der Waals surface area contributed by atoms with Crippen molar-refractivity contribution in [1.82, 2.24) is 10.3 Å². The molecule has 0 saturated carbocycles. The van der Waals surface area contributed by atoms with Crippen LogP contribution in [0, 0.1) is 0 Å². The van der Waals surface area contributed by atoms with Crippen LogP contribution in [0.5, 0.6) is 0 Å². The van der Waals surface area contributed by atoms with Crippen LogP contribution in [0.25, 0.3) is 0 Å². The summed E-state index contributed by atoms with van der Waals surface area (Å²) in [6.07, 6.45) is 1.89. The van der Waals surface area contributed by atoms with E-state index < -0.39 is 0 Å². The smallest absolute Gasteiger partial charge is 0.231 e. The summed E-state index contributed by atoms with van der Waals surface area (Å²) in [5.41, 5.74) is 2.50. The predicted molar refractivity (Wildman–Crippen MR) is 82.3 cm³/mol. The Hall–Kier alpha value is -2.24. The number of amides is 1. The van der Waals surface area contributed by atoms with Gasteiger partial charge in [0.05, 0.1) is 17.8 Å². The van der Waals surface area contributed by atoms with Crippen molar-refractivity contribution in [2.24, 2.45) is 10.2 Å². The van der Waals surface area contributed by atoms with Gasteiger partial charge in [-0.2, -0.15) is 5.10 Å². The Labute approximate surface area is 119 Å². The number of nitrogens with zero attached hydrogens (tertiary/aromatic N) is 4. The highest BCUT2D eigenvalue weighted by molar-refractivity contribution is 5.98. The zero-order chi connectivity index (χ0) is 15.1. The number of carbonyl (C=O) groups excluding carboxylic acids is 1. The molecule has 0 unspecified atom stereocenters. The van der Waals surface area contributed by atoms with Gasteiger partial charge < -0.3 is 10.2 Å². The summed E-state index contributed by atoms with van der Waals surface area (Å²) >= 11 is 0. The Morgan fingerprint density at radius 3 is 2.60 bits per heavy atom. The molecule has 0 aliphatic heterocycles. The number of carbonyl (C=O) groups is 1. The first-order valence-corrected chi connectivity index (χ1v) is 6.36. The van der Waals surface area contributed by atoms with Gasteiger partial charge in [-0.15, -0.1) is 5.10 Å². The predicted octanol–water partition coefficient (Wildman–Crippen LogP) is 1.62. The fourth-order valence-electron chi connectivity index (χ4n) is 1.57. The van der Waals surface area contributed by atoms with E-state index in [1.165, 1.54) is 0 Å². The highest BCUT2D eigenvalue weighted by Crippen LogP contribution is 2.15. The van der Waals surface area contributed by atoms with Crippen LogP contribution >= 0.6 is 0 Å². The Morgan fingerprint density at radius 1 is 1.30 bits per heavy atom. The number of hydrogen-bond acceptors (Lipinski definition) is 5. The summed E-state index contributed by atoms with van der Waals surface area (Å²) < 4.78 is 0. The van der Waals surface area contributed by atoms with Gasteiger partial charge in [-0.1, -0.05) is 0 Å². The average Bonchev–Trinajstić information content (AvgIpc) is 2.36. The highest BCUT2D eigenvalue weighted by Gasteiger charge is 2.10. The van der Waals surface area contributed by atoms with E-state index in [0.29, 0.717) is 5.84 Å². The minimum Gasteiger partial charge on any atom is -0.376 e. The molecule has 108 valence electrons. The lowest BCUT2D eigenvalue weighted by molar-refractivity contribution is -0.119. The zero-order valence-electron chi connectivity index (χ0n) is 12.6. The van der Waals surface area contributed by atoms with Crippen molar-refractivity contribution in [3.05, 3.63) is 24.0 Å². The molecule has 0 radical (unpaired) electrons. The normalized spacial score (nSPS) is 10.9. The van der Waals surface area contributed by atoms with Gasteiger partial charge in [-0.05, 0) is 32.9 Å². The fourth-order valence-corrected chi connectivity index (χ4v) is 1.57. The van der Waals surface area contributed by atoms with E-state index in [-0.39, 0.29) is 12.3 Å². The molecule has 1 aromatic rings. The molecule has 1 amide bonds. The first kappa shape index (κ1) is 15.8. The Balaban J connectivity index is 2.72. The number of aromatic nitrogens is 1. The van der Waals surface area contributed by atoms with Crippen LogP contribution in [0.1, 0.15) is 26.5 Å². The second-order valence-electron chi connectivity index (χ2n) is 4.82. The van der Waals surface area contributed by atoms with Crippen molar-refractivity contribution in [1.29, 1.82) is 0 Å². The lowest BCUT2D eigenvalue weighted by Gasteiger charge is -2.15. The van der Waals surface area contributed by atoms with E-state index in [0.717, 1.165) is 17.1 Å². The van der Waals surface area contributed by atoms with E-state index in [9.17, 15) is 4.79 Å². The molecule has 0 spiro atoms. The molecule has 6 heteroatoms. The van der Waals surface area contributed by atoms with Gasteiger partial charge in [0.2, 0.25) is 5.91 Å². The molecule has 0 saturated heterocycles. The monoisotopic (exact) mass is 275 g/mol. The summed E-state index contributed by atoms with van der Waals surface area (Å²) in [5.74, 6) is 0.315. The third kappa shape index (κ3) is 5.17. The van der Waals surface area contributed by atoms with Crippen LogP contribution < -0.4 is 10.2 Å². The van der Waals surface area contributed by atoms with Crippen LogP contribution in [0.4, 0.5) is 5.69 Å². The average molecular weight is 275 g/mol. The summed E-state index contributed by atoms with van der Waals surface area (Å²) in [6, 6.07) is 3.78. The van der Waals surface area contributed by atoms with Gasteiger partial charge >= 0.3 is 0 Å². The fraction of sp³-hybridized carbons (Fsp3) is 0.429. The van der Waals surface area contributed by atoms with Gasteiger partial charge in [-0.3, -0.25) is 9.78 Å². The first-order chi connectivity index (χ1) is 9.40. The zero-order valence-corrected chi connectivity index (χ0v) is 12.6. The van der Waals surface area contributed by atoms with Crippen LogP contribution in [0.3, 0.4) is 0 Å². The maximum atomic E-state index is 11.9. The molecule has 0 bridgehead atoms.